The second-order valence-corrected chi connectivity index (χ2v) is 10.2. The number of benzene rings is 2. The van der Waals surface area contributed by atoms with Gasteiger partial charge in [0.25, 0.3) is 0 Å². The van der Waals surface area contributed by atoms with Crippen LogP contribution in [0.4, 0.5) is 0 Å². The fourth-order valence-corrected chi connectivity index (χ4v) is 5.52. The summed E-state index contributed by atoms with van der Waals surface area (Å²) in [4.78, 5) is 12.7. The van der Waals surface area contributed by atoms with Crippen molar-refractivity contribution in [3.8, 4) is 0 Å². The first-order valence-corrected chi connectivity index (χ1v) is 12.4. The SMILES string of the molecule is C[C@@H](CNC(=O)[C@@H]1CCCN(S(=O)(=O)CCCc2ccccc2)C1)c1ccccc1. The minimum Gasteiger partial charge on any atom is -0.355 e. The van der Waals surface area contributed by atoms with Crippen molar-refractivity contribution in [1.29, 1.82) is 0 Å². The van der Waals surface area contributed by atoms with E-state index in [0.717, 1.165) is 24.8 Å². The van der Waals surface area contributed by atoms with E-state index >= 15 is 0 Å². The lowest BCUT2D eigenvalue weighted by atomic mass is 9.97. The molecule has 2 aromatic rings. The lowest BCUT2D eigenvalue weighted by Gasteiger charge is -2.31. The highest BCUT2D eigenvalue weighted by Gasteiger charge is 2.32. The number of nitrogens with one attached hydrogen (secondary N) is 1. The van der Waals surface area contributed by atoms with E-state index < -0.39 is 10.0 Å². The molecule has 0 radical (unpaired) electrons. The van der Waals surface area contributed by atoms with Crippen LogP contribution in [0.3, 0.4) is 0 Å². The van der Waals surface area contributed by atoms with Crippen molar-refractivity contribution in [3.05, 3.63) is 71.8 Å². The molecular weight excluding hydrogens is 396 g/mol. The Morgan fingerprint density at radius 3 is 2.47 bits per heavy atom. The average Bonchev–Trinajstić information content (AvgIpc) is 2.78. The number of sulfonamides is 1. The summed E-state index contributed by atoms with van der Waals surface area (Å²) in [5.74, 6) is 0.0329. The van der Waals surface area contributed by atoms with Gasteiger partial charge >= 0.3 is 0 Å². The zero-order valence-electron chi connectivity index (χ0n) is 17.7. The maximum Gasteiger partial charge on any atom is 0.224 e. The van der Waals surface area contributed by atoms with Gasteiger partial charge in [0, 0.05) is 19.6 Å². The van der Waals surface area contributed by atoms with Gasteiger partial charge in [-0.15, -0.1) is 0 Å². The van der Waals surface area contributed by atoms with E-state index in [1.165, 1.54) is 9.87 Å². The van der Waals surface area contributed by atoms with Gasteiger partial charge in [0.05, 0.1) is 11.7 Å². The Hall–Kier alpha value is -2.18. The Balaban J connectivity index is 1.48. The van der Waals surface area contributed by atoms with E-state index in [9.17, 15) is 13.2 Å². The minimum atomic E-state index is -3.34. The smallest absolute Gasteiger partial charge is 0.224 e. The monoisotopic (exact) mass is 428 g/mol. The molecule has 0 bridgehead atoms. The molecule has 0 saturated carbocycles. The standard InChI is InChI=1S/C24H32N2O3S/c1-20(22-13-6-3-7-14-22)18-25-24(27)23-15-8-16-26(19-23)30(28,29)17-9-12-21-10-4-2-5-11-21/h2-7,10-11,13-14,20,23H,8-9,12,15-19H2,1H3,(H,25,27)/t20-,23+/m0/s1. The van der Waals surface area contributed by atoms with Crippen LogP contribution < -0.4 is 5.32 Å². The van der Waals surface area contributed by atoms with E-state index in [4.69, 9.17) is 0 Å². The molecule has 1 aliphatic rings. The van der Waals surface area contributed by atoms with Gasteiger partial charge in [-0.05, 0) is 42.7 Å². The van der Waals surface area contributed by atoms with Gasteiger partial charge in [-0.3, -0.25) is 4.79 Å². The van der Waals surface area contributed by atoms with Crippen molar-refractivity contribution in [1.82, 2.24) is 9.62 Å². The van der Waals surface area contributed by atoms with Crippen LogP contribution in [-0.4, -0.2) is 44.0 Å². The van der Waals surface area contributed by atoms with E-state index in [1.807, 2.05) is 48.5 Å². The van der Waals surface area contributed by atoms with Gasteiger partial charge in [-0.1, -0.05) is 67.6 Å². The van der Waals surface area contributed by atoms with Crippen molar-refractivity contribution >= 4 is 15.9 Å². The lowest BCUT2D eigenvalue weighted by Crippen LogP contribution is -2.46. The van der Waals surface area contributed by atoms with Crippen LogP contribution in [0.5, 0.6) is 0 Å². The summed E-state index contributed by atoms with van der Waals surface area (Å²) in [6.07, 6.45) is 2.80. The summed E-state index contributed by atoms with van der Waals surface area (Å²) in [7, 11) is -3.34. The molecule has 1 aliphatic heterocycles. The highest BCUT2D eigenvalue weighted by Crippen LogP contribution is 2.21. The summed E-state index contributed by atoms with van der Waals surface area (Å²) in [5.41, 5.74) is 2.33. The highest BCUT2D eigenvalue weighted by molar-refractivity contribution is 7.89. The fourth-order valence-electron chi connectivity index (χ4n) is 3.94. The molecule has 0 aliphatic carbocycles. The van der Waals surface area contributed by atoms with Crippen LogP contribution in [0.2, 0.25) is 0 Å². The van der Waals surface area contributed by atoms with Gasteiger partial charge < -0.3 is 5.32 Å². The first-order chi connectivity index (χ1) is 14.5. The topological polar surface area (TPSA) is 66.5 Å². The zero-order valence-corrected chi connectivity index (χ0v) is 18.5. The van der Waals surface area contributed by atoms with Gasteiger partial charge in [0.2, 0.25) is 15.9 Å². The highest BCUT2D eigenvalue weighted by atomic mass is 32.2. The normalized spacial score (nSPS) is 18.6. The molecule has 1 N–H and O–H groups in total. The van der Waals surface area contributed by atoms with E-state index in [0.29, 0.717) is 26.1 Å². The van der Waals surface area contributed by atoms with Gasteiger partial charge in [0.15, 0.2) is 0 Å². The van der Waals surface area contributed by atoms with Gasteiger partial charge in [-0.2, -0.15) is 0 Å². The zero-order chi connectivity index (χ0) is 21.4. The first-order valence-electron chi connectivity index (χ1n) is 10.8. The number of amides is 1. The molecular formula is C24H32N2O3S. The minimum absolute atomic E-state index is 0.0398. The second kappa shape index (κ2) is 10.7. The average molecular weight is 429 g/mol. The molecule has 30 heavy (non-hydrogen) atoms. The third-order valence-electron chi connectivity index (χ3n) is 5.81. The number of nitrogens with zero attached hydrogens (tertiary/aromatic N) is 1. The van der Waals surface area contributed by atoms with Crippen molar-refractivity contribution in [2.75, 3.05) is 25.4 Å². The third-order valence-corrected chi connectivity index (χ3v) is 7.73. The molecule has 3 rings (SSSR count). The summed E-state index contributed by atoms with van der Waals surface area (Å²) in [5, 5.41) is 3.03. The molecule has 1 fully saturated rings. The number of carbonyl (C=O) groups excluding carboxylic acids is 1. The molecule has 6 heteroatoms. The Morgan fingerprint density at radius 1 is 1.10 bits per heavy atom. The Labute approximate surface area is 180 Å². The maximum atomic E-state index is 12.8. The third kappa shape index (κ3) is 6.41. The Bertz CT molecular complexity index is 901. The quantitative estimate of drug-likeness (QED) is 0.664. The molecule has 1 heterocycles. The first kappa shape index (κ1) is 22.5. The molecule has 1 amide bonds. The summed E-state index contributed by atoms with van der Waals surface area (Å²) < 4.78 is 27.1. The second-order valence-electron chi connectivity index (χ2n) is 8.16. The summed E-state index contributed by atoms with van der Waals surface area (Å²) in [6, 6.07) is 20.0. The van der Waals surface area contributed by atoms with Crippen LogP contribution in [0.1, 0.15) is 43.2 Å². The van der Waals surface area contributed by atoms with Crippen LogP contribution in [0.25, 0.3) is 0 Å². The number of rotatable bonds is 9. The predicted molar refractivity (Wildman–Crippen MR) is 121 cm³/mol. The van der Waals surface area contributed by atoms with Gasteiger partial charge in [-0.25, -0.2) is 12.7 Å². The van der Waals surface area contributed by atoms with Crippen LogP contribution >= 0.6 is 0 Å². The Kier molecular flexibility index (Phi) is 8.05. The van der Waals surface area contributed by atoms with Crippen LogP contribution in [0, 0.1) is 5.92 Å². The lowest BCUT2D eigenvalue weighted by molar-refractivity contribution is -0.126. The summed E-state index contributed by atoms with van der Waals surface area (Å²) >= 11 is 0. The molecule has 1 saturated heterocycles. The van der Waals surface area contributed by atoms with E-state index in [-0.39, 0.29) is 23.5 Å². The number of carbonyl (C=O) groups is 1. The predicted octanol–water partition coefficient (Wildman–Crippen LogP) is 3.58. The van der Waals surface area contributed by atoms with Crippen molar-refractivity contribution < 1.29 is 13.2 Å². The van der Waals surface area contributed by atoms with Crippen molar-refractivity contribution in [2.45, 2.75) is 38.5 Å². The molecule has 162 valence electrons. The molecule has 0 spiro atoms. The Morgan fingerprint density at radius 2 is 1.77 bits per heavy atom. The van der Waals surface area contributed by atoms with E-state index in [1.54, 1.807) is 0 Å². The van der Waals surface area contributed by atoms with E-state index in [2.05, 4.69) is 24.4 Å². The molecule has 2 atom stereocenters. The number of aryl methyl sites for hydroxylation is 1. The van der Waals surface area contributed by atoms with Gasteiger partial charge in [0.1, 0.15) is 0 Å². The molecule has 0 aromatic heterocycles. The maximum absolute atomic E-state index is 12.8. The number of piperidine rings is 1. The largest absolute Gasteiger partial charge is 0.355 e. The van der Waals surface area contributed by atoms with Crippen molar-refractivity contribution in [2.24, 2.45) is 5.92 Å². The summed E-state index contributed by atoms with van der Waals surface area (Å²) in [6.45, 7) is 3.44. The molecule has 2 aromatic carbocycles. The molecule has 5 nitrogen and oxygen atoms in total. The van der Waals surface area contributed by atoms with Crippen LogP contribution in [0.15, 0.2) is 60.7 Å². The van der Waals surface area contributed by atoms with Crippen molar-refractivity contribution in [3.63, 3.8) is 0 Å². The number of hydrogen-bond acceptors (Lipinski definition) is 3. The molecule has 0 unspecified atom stereocenters. The van der Waals surface area contributed by atoms with Crippen LogP contribution in [-0.2, 0) is 21.2 Å². The number of hydrogen-bond donors (Lipinski definition) is 1. The fraction of sp³-hybridized carbons (Fsp3) is 0.458.